The Balaban J connectivity index is 2.15. The fourth-order valence-corrected chi connectivity index (χ4v) is 2.91. The van der Waals surface area contributed by atoms with E-state index in [0.717, 1.165) is 22.6 Å². The van der Waals surface area contributed by atoms with Crippen LogP contribution in [0.1, 0.15) is 64.3 Å². The number of hydrogen-bond acceptors (Lipinski definition) is 4. The topological polar surface area (TPSA) is 84.2 Å². The zero-order valence-electron chi connectivity index (χ0n) is 13.9. The van der Waals surface area contributed by atoms with E-state index in [2.05, 4.69) is 31.2 Å². The molecule has 1 atom stereocenters. The molecule has 2 N–H and O–H groups in total. The van der Waals surface area contributed by atoms with Crippen molar-refractivity contribution in [2.75, 3.05) is 0 Å². The molecule has 0 bridgehead atoms. The molecule has 6 nitrogen and oxygen atoms in total. The highest BCUT2D eigenvalue weighted by Gasteiger charge is 2.21. The second kappa shape index (κ2) is 6.16. The third-order valence-corrected chi connectivity index (χ3v) is 4.55. The van der Waals surface area contributed by atoms with Crippen LogP contribution in [-0.2, 0) is 5.54 Å². The van der Waals surface area contributed by atoms with Gasteiger partial charge >= 0.3 is 5.97 Å². The Morgan fingerprint density at radius 3 is 2.39 bits per heavy atom. The third kappa shape index (κ3) is 3.79. The van der Waals surface area contributed by atoms with Gasteiger partial charge in [-0.15, -0.1) is 11.3 Å². The van der Waals surface area contributed by atoms with Crippen LogP contribution in [0, 0.1) is 6.92 Å². The van der Waals surface area contributed by atoms with Crippen LogP contribution in [0.25, 0.3) is 0 Å². The molecule has 23 heavy (non-hydrogen) atoms. The first kappa shape index (κ1) is 17.2. The van der Waals surface area contributed by atoms with Crippen molar-refractivity contribution >= 4 is 23.2 Å². The molecule has 0 saturated carbocycles. The molecule has 1 unspecified atom stereocenters. The van der Waals surface area contributed by atoms with Crippen LogP contribution in [0.5, 0.6) is 0 Å². The van der Waals surface area contributed by atoms with Crippen LogP contribution in [0.3, 0.4) is 0 Å². The number of carbonyl (C=O) groups excluding carboxylic acids is 1. The molecule has 7 heteroatoms. The number of aromatic carboxylic acids is 1. The lowest BCUT2D eigenvalue weighted by Gasteiger charge is -2.19. The average molecular weight is 335 g/mol. The van der Waals surface area contributed by atoms with E-state index in [-0.39, 0.29) is 22.4 Å². The fourth-order valence-electron chi connectivity index (χ4n) is 2.16. The maximum absolute atomic E-state index is 12.3. The normalized spacial score (nSPS) is 12.9. The first-order valence-electron chi connectivity index (χ1n) is 7.30. The molecule has 0 aliphatic heterocycles. The number of hydrogen-bond donors (Lipinski definition) is 2. The SMILES string of the molecule is Cc1nn(C(C)(C)C)cc1C(C)NC(=O)c1ccc(C(=O)O)s1. The smallest absolute Gasteiger partial charge is 0.345 e. The van der Waals surface area contributed by atoms with Crippen LogP contribution >= 0.6 is 11.3 Å². The van der Waals surface area contributed by atoms with Crippen molar-refractivity contribution in [2.45, 2.75) is 46.2 Å². The molecule has 0 radical (unpaired) electrons. The van der Waals surface area contributed by atoms with Crippen LogP contribution in [0.4, 0.5) is 0 Å². The van der Waals surface area contributed by atoms with E-state index in [1.54, 1.807) is 0 Å². The number of thiophene rings is 1. The van der Waals surface area contributed by atoms with E-state index in [1.165, 1.54) is 12.1 Å². The van der Waals surface area contributed by atoms with Crippen molar-refractivity contribution < 1.29 is 14.7 Å². The molecule has 0 aliphatic rings. The monoisotopic (exact) mass is 335 g/mol. The van der Waals surface area contributed by atoms with Gasteiger partial charge in [0.1, 0.15) is 4.88 Å². The Bertz CT molecular complexity index is 740. The molecule has 0 fully saturated rings. The number of rotatable bonds is 4. The van der Waals surface area contributed by atoms with Crippen molar-refractivity contribution in [3.05, 3.63) is 39.3 Å². The zero-order valence-corrected chi connectivity index (χ0v) is 14.7. The van der Waals surface area contributed by atoms with E-state index >= 15 is 0 Å². The number of nitrogens with one attached hydrogen (secondary N) is 1. The Morgan fingerprint density at radius 2 is 1.91 bits per heavy atom. The van der Waals surface area contributed by atoms with Crippen LogP contribution in [-0.4, -0.2) is 26.8 Å². The summed E-state index contributed by atoms with van der Waals surface area (Å²) >= 11 is 0.968. The summed E-state index contributed by atoms with van der Waals surface area (Å²) < 4.78 is 1.88. The third-order valence-electron chi connectivity index (χ3n) is 3.48. The van der Waals surface area contributed by atoms with Gasteiger partial charge in [-0.2, -0.15) is 5.10 Å². The number of nitrogens with zero attached hydrogens (tertiary/aromatic N) is 2. The van der Waals surface area contributed by atoms with Crippen molar-refractivity contribution in [1.82, 2.24) is 15.1 Å². The molecule has 2 aromatic rings. The number of carbonyl (C=O) groups is 2. The van der Waals surface area contributed by atoms with Crippen LogP contribution < -0.4 is 5.32 Å². The molecule has 124 valence electrons. The van der Waals surface area contributed by atoms with E-state index in [9.17, 15) is 9.59 Å². The predicted molar refractivity (Wildman–Crippen MR) is 89.1 cm³/mol. The highest BCUT2D eigenvalue weighted by Crippen LogP contribution is 2.22. The molecule has 0 saturated heterocycles. The minimum absolute atomic E-state index is 0.128. The molecular formula is C16H21N3O3S. The standard InChI is InChI=1S/C16H21N3O3S/c1-9(11-8-19(16(3,4)5)18-10(11)2)17-14(20)12-6-7-13(23-12)15(21)22/h6-9H,1-5H3,(H,17,20)(H,21,22). The van der Waals surface area contributed by atoms with Gasteiger partial charge in [-0.05, 0) is 46.8 Å². The summed E-state index contributed by atoms with van der Waals surface area (Å²) in [5, 5.41) is 16.3. The molecular weight excluding hydrogens is 314 g/mol. The second-order valence-corrected chi connectivity index (χ2v) is 7.53. The van der Waals surface area contributed by atoms with Gasteiger partial charge in [-0.1, -0.05) is 0 Å². The molecule has 2 aromatic heterocycles. The van der Waals surface area contributed by atoms with E-state index in [1.807, 2.05) is 24.7 Å². The molecule has 2 rings (SSSR count). The van der Waals surface area contributed by atoms with Crippen molar-refractivity contribution in [3.63, 3.8) is 0 Å². The summed E-state index contributed by atoms with van der Waals surface area (Å²) in [6.45, 7) is 9.98. The summed E-state index contributed by atoms with van der Waals surface area (Å²) in [6.07, 6.45) is 1.94. The average Bonchev–Trinajstić information content (AvgIpc) is 3.04. The molecule has 2 heterocycles. The van der Waals surface area contributed by atoms with Gasteiger partial charge in [-0.3, -0.25) is 9.48 Å². The van der Waals surface area contributed by atoms with Gasteiger partial charge < -0.3 is 10.4 Å². The Morgan fingerprint density at radius 1 is 1.30 bits per heavy atom. The van der Waals surface area contributed by atoms with Gasteiger partial charge in [0.05, 0.1) is 22.2 Å². The quantitative estimate of drug-likeness (QED) is 0.898. The lowest BCUT2D eigenvalue weighted by Crippen LogP contribution is -2.26. The second-order valence-electron chi connectivity index (χ2n) is 6.45. The Labute approximate surface area is 139 Å². The van der Waals surface area contributed by atoms with Crippen molar-refractivity contribution in [3.8, 4) is 0 Å². The minimum atomic E-state index is -1.02. The van der Waals surface area contributed by atoms with E-state index < -0.39 is 5.97 Å². The fraction of sp³-hybridized carbons (Fsp3) is 0.438. The van der Waals surface area contributed by atoms with Gasteiger partial charge in [-0.25, -0.2) is 4.79 Å². The summed E-state index contributed by atoms with van der Waals surface area (Å²) in [7, 11) is 0. The van der Waals surface area contributed by atoms with Crippen LogP contribution in [0.15, 0.2) is 18.3 Å². The van der Waals surface area contributed by atoms with Gasteiger partial charge in [0.2, 0.25) is 0 Å². The van der Waals surface area contributed by atoms with E-state index in [0.29, 0.717) is 4.88 Å². The zero-order chi connectivity index (χ0) is 17.4. The van der Waals surface area contributed by atoms with E-state index in [4.69, 9.17) is 5.11 Å². The molecule has 0 aromatic carbocycles. The Kier molecular flexibility index (Phi) is 4.61. The highest BCUT2D eigenvalue weighted by atomic mass is 32.1. The summed E-state index contributed by atoms with van der Waals surface area (Å²) in [5.41, 5.74) is 1.69. The first-order chi connectivity index (χ1) is 10.6. The van der Waals surface area contributed by atoms with Crippen molar-refractivity contribution in [2.24, 2.45) is 0 Å². The Hall–Kier alpha value is -2.15. The summed E-state index contributed by atoms with van der Waals surface area (Å²) in [4.78, 5) is 23.7. The largest absolute Gasteiger partial charge is 0.477 e. The van der Waals surface area contributed by atoms with Gasteiger partial charge in [0.15, 0.2) is 0 Å². The first-order valence-corrected chi connectivity index (χ1v) is 8.12. The number of amides is 1. The molecule has 1 amide bonds. The number of carboxylic acid groups (broad SMARTS) is 1. The van der Waals surface area contributed by atoms with Gasteiger partial charge in [0, 0.05) is 11.8 Å². The minimum Gasteiger partial charge on any atom is -0.477 e. The maximum Gasteiger partial charge on any atom is 0.345 e. The lowest BCUT2D eigenvalue weighted by molar-refractivity contribution is 0.0702. The number of carboxylic acids is 1. The summed E-state index contributed by atoms with van der Waals surface area (Å²) in [6, 6.07) is 2.76. The van der Waals surface area contributed by atoms with Crippen molar-refractivity contribution in [1.29, 1.82) is 0 Å². The summed E-state index contributed by atoms with van der Waals surface area (Å²) in [5.74, 6) is -1.30. The maximum atomic E-state index is 12.3. The highest BCUT2D eigenvalue weighted by molar-refractivity contribution is 7.15. The lowest BCUT2D eigenvalue weighted by atomic mass is 10.1. The number of aryl methyl sites for hydroxylation is 1. The predicted octanol–water partition coefficient (Wildman–Crippen LogP) is 3.20. The molecule has 0 spiro atoms. The van der Waals surface area contributed by atoms with Gasteiger partial charge in [0.25, 0.3) is 5.91 Å². The van der Waals surface area contributed by atoms with Crippen LogP contribution in [0.2, 0.25) is 0 Å². The molecule has 0 aliphatic carbocycles. The number of aromatic nitrogens is 2.